The van der Waals surface area contributed by atoms with Crippen LogP contribution in [0.4, 0.5) is 0 Å². The van der Waals surface area contributed by atoms with Crippen LogP contribution < -0.4 is 0 Å². The zero-order valence-corrected chi connectivity index (χ0v) is 10.00. The van der Waals surface area contributed by atoms with Crippen molar-refractivity contribution in [2.75, 3.05) is 0 Å². The molecule has 0 heteroatoms. The highest BCUT2D eigenvalue weighted by molar-refractivity contribution is 5.42. The first-order chi connectivity index (χ1) is 7.29. The predicted molar refractivity (Wildman–Crippen MR) is 64.6 cm³/mol. The van der Waals surface area contributed by atoms with Crippen molar-refractivity contribution >= 4 is 0 Å². The van der Waals surface area contributed by atoms with Crippen molar-refractivity contribution < 1.29 is 0 Å². The van der Waals surface area contributed by atoms with Crippen LogP contribution in [-0.2, 0) is 0 Å². The van der Waals surface area contributed by atoms with Gasteiger partial charge in [-0.1, -0.05) is 44.4 Å². The molecule has 0 N–H and O–H groups in total. The highest BCUT2D eigenvalue weighted by Crippen LogP contribution is 2.54. The molecule has 3 unspecified atom stereocenters. The van der Waals surface area contributed by atoms with Crippen molar-refractivity contribution in [1.29, 1.82) is 0 Å². The summed E-state index contributed by atoms with van der Waals surface area (Å²) >= 11 is 0. The van der Waals surface area contributed by atoms with Crippen LogP contribution in [-0.4, -0.2) is 0 Å². The first kappa shape index (κ1) is 9.69. The molecule has 0 nitrogen and oxygen atoms in total. The Morgan fingerprint density at radius 3 is 2.80 bits per heavy atom. The molecule has 3 aliphatic carbocycles. The van der Waals surface area contributed by atoms with Gasteiger partial charge >= 0.3 is 0 Å². The third-order valence-electron chi connectivity index (χ3n) is 4.81. The van der Waals surface area contributed by atoms with Gasteiger partial charge in [-0.05, 0) is 48.5 Å². The molecule has 0 amide bonds. The summed E-state index contributed by atoms with van der Waals surface area (Å²) in [6.07, 6.45) is 12.0. The molecule has 15 heavy (non-hydrogen) atoms. The second-order valence-electron chi connectivity index (χ2n) is 5.91. The maximum atomic E-state index is 2.44. The second kappa shape index (κ2) is 3.50. The van der Waals surface area contributed by atoms with Crippen LogP contribution in [0.2, 0.25) is 0 Å². The van der Waals surface area contributed by atoms with E-state index in [-0.39, 0.29) is 0 Å². The van der Waals surface area contributed by atoms with Gasteiger partial charge in [-0.3, -0.25) is 0 Å². The van der Waals surface area contributed by atoms with E-state index in [1.54, 1.807) is 5.57 Å². The molecule has 0 aromatic carbocycles. The maximum absolute atomic E-state index is 2.44. The normalized spacial score (nSPS) is 38.7. The molecular weight excluding hydrogens is 180 g/mol. The van der Waals surface area contributed by atoms with Gasteiger partial charge in [0.05, 0.1) is 0 Å². The van der Waals surface area contributed by atoms with Gasteiger partial charge in [0.25, 0.3) is 0 Å². The molecule has 82 valence electrons. The summed E-state index contributed by atoms with van der Waals surface area (Å²) in [5.41, 5.74) is 3.58. The van der Waals surface area contributed by atoms with Gasteiger partial charge in [-0.25, -0.2) is 0 Å². The number of fused-ring (bicyclic) bond motifs is 2. The van der Waals surface area contributed by atoms with Gasteiger partial charge in [-0.15, -0.1) is 0 Å². The standard InChI is InChI=1S/C15H22/c1-10(2)15-13-7-4-3-6-11(13)12-8-5-9-14(12)15/h5,9-11,13,15H,3-4,6-8H2,1-2H3. The van der Waals surface area contributed by atoms with Crippen LogP contribution in [0, 0.1) is 23.7 Å². The van der Waals surface area contributed by atoms with Crippen molar-refractivity contribution in [3.8, 4) is 0 Å². The van der Waals surface area contributed by atoms with Gasteiger partial charge in [0.2, 0.25) is 0 Å². The van der Waals surface area contributed by atoms with Crippen LogP contribution in [0.5, 0.6) is 0 Å². The molecule has 0 aliphatic heterocycles. The molecule has 1 saturated carbocycles. The van der Waals surface area contributed by atoms with E-state index in [0.29, 0.717) is 0 Å². The van der Waals surface area contributed by atoms with E-state index in [4.69, 9.17) is 0 Å². The van der Waals surface area contributed by atoms with Crippen LogP contribution in [0.3, 0.4) is 0 Å². The summed E-state index contributed by atoms with van der Waals surface area (Å²) < 4.78 is 0. The molecular formula is C15H22. The van der Waals surface area contributed by atoms with Gasteiger partial charge in [-0.2, -0.15) is 0 Å². The molecule has 0 aromatic rings. The Labute approximate surface area is 93.5 Å². The zero-order valence-electron chi connectivity index (χ0n) is 10.00. The fraction of sp³-hybridized carbons (Fsp3) is 0.733. The van der Waals surface area contributed by atoms with Gasteiger partial charge < -0.3 is 0 Å². The minimum Gasteiger partial charge on any atom is -0.0802 e. The Bertz CT molecular complexity index is 319. The Morgan fingerprint density at radius 1 is 1.20 bits per heavy atom. The number of rotatable bonds is 1. The molecule has 1 fully saturated rings. The highest BCUT2D eigenvalue weighted by atomic mass is 14.5. The van der Waals surface area contributed by atoms with Crippen molar-refractivity contribution in [3.05, 3.63) is 23.3 Å². The molecule has 3 atom stereocenters. The van der Waals surface area contributed by atoms with Crippen LogP contribution in [0.25, 0.3) is 0 Å². The lowest BCUT2D eigenvalue weighted by atomic mass is 9.71. The van der Waals surface area contributed by atoms with E-state index in [1.807, 2.05) is 5.57 Å². The van der Waals surface area contributed by atoms with Gasteiger partial charge in [0.15, 0.2) is 0 Å². The Hall–Kier alpha value is -0.520. The summed E-state index contributed by atoms with van der Waals surface area (Å²) in [4.78, 5) is 0. The third kappa shape index (κ3) is 1.33. The number of allylic oxidation sites excluding steroid dienone is 4. The first-order valence-corrected chi connectivity index (χ1v) is 6.68. The Morgan fingerprint density at radius 2 is 2.00 bits per heavy atom. The minimum absolute atomic E-state index is 0.839. The molecule has 0 heterocycles. The van der Waals surface area contributed by atoms with Crippen LogP contribution >= 0.6 is 0 Å². The zero-order chi connectivity index (χ0) is 10.4. The largest absolute Gasteiger partial charge is 0.0802 e. The molecule has 3 aliphatic rings. The van der Waals surface area contributed by atoms with Crippen molar-refractivity contribution in [1.82, 2.24) is 0 Å². The number of hydrogen-bond acceptors (Lipinski definition) is 0. The van der Waals surface area contributed by atoms with E-state index >= 15 is 0 Å². The molecule has 0 radical (unpaired) electrons. The highest BCUT2D eigenvalue weighted by Gasteiger charge is 2.44. The topological polar surface area (TPSA) is 0 Å². The lowest BCUT2D eigenvalue weighted by Gasteiger charge is -2.33. The Balaban J connectivity index is 1.96. The van der Waals surface area contributed by atoms with Gasteiger partial charge in [0.1, 0.15) is 0 Å². The molecule has 0 bridgehead atoms. The van der Waals surface area contributed by atoms with Crippen molar-refractivity contribution in [2.45, 2.75) is 46.0 Å². The van der Waals surface area contributed by atoms with E-state index in [9.17, 15) is 0 Å². The monoisotopic (exact) mass is 202 g/mol. The summed E-state index contributed by atoms with van der Waals surface area (Å²) in [6.45, 7) is 4.83. The molecule has 0 saturated heterocycles. The fourth-order valence-corrected chi connectivity index (χ4v) is 4.33. The van der Waals surface area contributed by atoms with Crippen LogP contribution in [0.1, 0.15) is 46.0 Å². The second-order valence-corrected chi connectivity index (χ2v) is 5.91. The molecule has 0 aromatic heterocycles. The molecule has 0 spiro atoms. The predicted octanol–water partition coefficient (Wildman–Crippen LogP) is 4.34. The molecule has 3 rings (SSSR count). The summed E-state index contributed by atoms with van der Waals surface area (Å²) in [6, 6.07) is 0. The van der Waals surface area contributed by atoms with Gasteiger partial charge in [0, 0.05) is 0 Å². The summed E-state index contributed by atoms with van der Waals surface area (Å²) in [5.74, 6) is 3.71. The first-order valence-electron chi connectivity index (χ1n) is 6.68. The average Bonchev–Trinajstić information content (AvgIpc) is 2.75. The smallest absolute Gasteiger partial charge is 0.0105 e. The summed E-state index contributed by atoms with van der Waals surface area (Å²) in [7, 11) is 0. The van der Waals surface area contributed by atoms with E-state index in [2.05, 4.69) is 26.0 Å². The maximum Gasteiger partial charge on any atom is -0.0105 e. The summed E-state index contributed by atoms with van der Waals surface area (Å²) in [5, 5.41) is 0. The van der Waals surface area contributed by atoms with Crippen LogP contribution in [0.15, 0.2) is 23.3 Å². The van der Waals surface area contributed by atoms with Crippen molar-refractivity contribution in [3.63, 3.8) is 0 Å². The average molecular weight is 202 g/mol. The van der Waals surface area contributed by atoms with E-state index in [1.165, 1.54) is 32.1 Å². The SMILES string of the molecule is CC(C)C1C2=C(CC=C2)C2CCCCC21. The van der Waals surface area contributed by atoms with E-state index in [0.717, 1.165) is 23.7 Å². The Kier molecular flexibility index (Phi) is 2.26. The van der Waals surface area contributed by atoms with E-state index < -0.39 is 0 Å². The quantitative estimate of drug-likeness (QED) is 0.593. The lowest BCUT2D eigenvalue weighted by molar-refractivity contribution is 0.201. The van der Waals surface area contributed by atoms with Crippen molar-refractivity contribution in [2.24, 2.45) is 23.7 Å². The number of hydrogen-bond donors (Lipinski definition) is 0. The minimum atomic E-state index is 0.839. The lowest BCUT2D eigenvalue weighted by Crippen LogP contribution is -2.25. The third-order valence-corrected chi connectivity index (χ3v) is 4.81. The fourth-order valence-electron chi connectivity index (χ4n) is 4.33.